The molecular weight excluding hydrogens is 1050 g/mol. The highest BCUT2D eigenvalue weighted by atomic mass is 15.0. The average molecular weight is 1100 g/mol. The molecule has 2 heteroatoms. The summed E-state index contributed by atoms with van der Waals surface area (Å²) in [5, 5.41) is 4.97. The molecule has 0 atom stereocenters. The Balaban J connectivity index is 0.801. The molecule has 0 amide bonds. The average Bonchev–Trinajstić information content (AvgIpc) is 1.67. The fourth-order valence-electron chi connectivity index (χ4n) is 15.4. The van der Waals surface area contributed by atoms with Gasteiger partial charge in [-0.2, -0.15) is 0 Å². The second-order valence-electron chi connectivity index (χ2n) is 23.4. The minimum atomic E-state index is -0.554. The van der Waals surface area contributed by atoms with Crippen LogP contribution in [0.3, 0.4) is 0 Å². The highest BCUT2D eigenvalue weighted by Crippen LogP contribution is 2.65. The van der Waals surface area contributed by atoms with Crippen molar-refractivity contribution >= 4 is 43.6 Å². The Morgan fingerprint density at radius 3 is 0.954 bits per heavy atom. The van der Waals surface area contributed by atoms with Crippen LogP contribution in [-0.2, 0) is 5.41 Å². The third kappa shape index (κ3) is 7.29. The summed E-state index contributed by atoms with van der Waals surface area (Å²) in [7, 11) is 0. The summed E-state index contributed by atoms with van der Waals surface area (Å²) >= 11 is 0. The van der Waals surface area contributed by atoms with Crippen LogP contribution in [0.5, 0.6) is 0 Å². The van der Waals surface area contributed by atoms with Crippen LogP contribution in [0.4, 0.5) is 0 Å². The number of hydrogen-bond donors (Lipinski definition) is 0. The lowest BCUT2D eigenvalue weighted by Gasteiger charge is -2.30. The summed E-state index contributed by atoms with van der Waals surface area (Å²) in [5.74, 6) is 0. The van der Waals surface area contributed by atoms with Gasteiger partial charge < -0.3 is 9.13 Å². The predicted molar refractivity (Wildman–Crippen MR) is 364 cm³/mol. The van der Waals surface area contributed by atoms with Gasteiger partial charge in [0.05, 0.1) is 27.5 Å². The van der Waals surface area contributed by atoms with Crippen LogP contribution in [0, 0.1) is 0 Å². The quantitative estimate of drug-likeness (QED) is 0.144. The number of nitrogens with zero attached hydrogens (tertiary/aromatic N) is 2. The fraction of sp³-hybridized carbons (Fsp3) is 0.0118. The molecule has 2 aliphatic rings. The molecule has 2 aromatic heterocycles. The number of fused-ring (bicyclic) bond motifs is 16. The molecule has 404 valence electrons. The third-order valence-electron chi connectivity index (χ3n) is 18.9. The topological polar surface area (TPSA) is 9.86 Å². The molecule has 1 spiro atoms. The Bertz CT molecular complexity index is 5090. The Labute approximate surface area is 505 Å². The van der Waals surface area contributed by atoms with Gasteiger partial charge in [0.25, 0.3) is 0 Å². The van der Waals surface area contributed by atoms with Gasteiger partial charge in [0.2, 0.25) is 0 Å². The van der Waals surface area contributed by atoms with E-state index in [2.05, 4.69) is 337 Å². The van der Waals surface area contributed by atoms with Gasteiger partial charge in [-0.15, -0.1) is 0 Å². The maximum atomic E-state index is 2.44. The highest BCUT2D eigenvalue weighted by molar-refractivity contribution is 6.18. The first kappa shape index (κ1) is 49.1. The van der Waals surface area contributed by atoms with Crippen LogP contribution >= 0.6 is 0 Å². The van der Waals surface area contributed by atoms with Crippen LogP contribution < -0.4 is 0 Å². The zero-order chi connectivity index (χ0) is 57.2. The second-order valence-corrected chi connectivity index (χ2v) is 23.4. The molecule has 87 heavy (non-hydrogen) atoms. The van der Waals surface area contributed by atoms with E-state index in [0.717, 1.165) is 11.4 Å². The lowest BCUT2D eigenvalue weighted by molar-refractivity contribution is 0.794. The molecule has 2 heterocycles. The van der Waals surface area contributed by atoms with Crippen molar-refractivity contribution in [1.29, 1.82) is 0 Å². The minimum Gasteiger partial charge on any atom is -0.309 e. The van der Waals surface area contributed by atoms with Crippen molar-refractivity contribution < 1.29 is 0 Å². The molecule has 0 fully saturated rings. The Morgan fingerprint density at radius 1 is 0.195 bits per heavy atom. The van der Waals surface area contributed by atoms with E-state index < -0.39 is 5.41 Å². The number of hydrogen-bond acceptors (Lipinski definition) is 0. The normalized spacial score (nSPS) is 12.7. The van der Waals surface area contributed by atoms with Gasteiger partial charge >= 0.3 is 0 Å². The summed E-state index contributed by atoms with van der Waals surface area (Å²) in [4.78, 5) is 0. The lowest BCUT2D eigenvalue weighted by Crippen LogP contribution is -2.25. The molecule has 2 aliphatic carbocycles. The number of para-hydroxylation sites is 2. The van der Waals surface area contributed by atoms with Crippen molar-refractivity contribution in [3.05, 3.63) is 350 Å². The van der Waals surface area contributed by atoms with Gasteiger partial charge in [-0.25, -0.2) is 0 Å². The molecule has 0 bridgehead atoms. The van der Waals surface area contributed by atoms with Gasteiger partial charge in [0, 0.05) is 32.9 Å². The molecule has 14 aromatic carbocycles. The molecule has 0 aliphatic heterocycles. The maximum Gasteiger partial charge on any atom is 0.0725 e. The Hall–Kier alpha value is -11.3. The van der Waals surface area contributed by atoms with Crippen molar-refractivity contribution in [2.75, 3.05) is 0 Å². The van der Waals surface area contributed by atoms with Gasteiger partial charge in [-0.05, 0) is 184 Å². The van der Waals surface area contributed by atoms with Crippen molar-refractivity contribution in [2.45, 2.75) is 5.41 Å². The van der Waals surface area contributed by atoms with E-state index in [9.17, 15) is 0 Å². The van der Waals surface area contributed by atoms with E-state index in [4.69, 9.17) is 0 Å². The van der Waals surface area contributed by atoms with Crippen LogP contribution in [0.2, 0.25) is 0 Å². The van der Waals surface area contributed by atoms with Crippen molar-refractivity contribution in [3.63, 3.8) is 0 Å². The number of rotatable bonds is 8. The molecule has 16 aromatic rings. The molecule has 0 saturated heterocycles. The Kier molecular flexibility index (Phi) is 10.9. The molecular formula is C85H54N2. The summed E-state index contributed by atoms with van der Waals surface area (Å²) in [6, 6.07) is 122. The van der Waals surface area contributed by atoms with Crippen LogP contribution in [0.1, 0.15) is 22.3 Å². The lowest BCUT2D eigenvalue weighted by atomic mass is 9.70. The molecule has 2 nitrogen and oxygen atoms in total. The van der Waals surface area contributed by atoms with Crippen molar-refractivity contribution in [1.82, 2.24) is 9.13 Å². The molecule has 0 unspecified atom stereocenters. The molecule has 0 saturated carbocycles. The summed E-state index contributed by atoms with van der Waals surface area (Å²) < 4.78 is 4.86. The number of aromatic nitrogens is 2. The number of benzene rings is 14. The van der Waals surface area contributed by atoms with E-state index >= 15 is 0 Å². The standard InChI is InChI=1S/C85H54N2/c1-5-23-55(24-6-1)57-47-49-77-71(53-57)83-67(39-21-45-79(83)86(77)63-31-9-3-10-32-63)61-29-17-27-59(51-61)65-37-19-43-75-81(65)69-35-13-15-41-73(69)85(75)74-42-16-14-36-70(74)82-66(38-20-44-76(82)85)60-28-18-30-62(52-60)68-40-22-46-80-84(68)72-54-58(56-25-7-2-8-26-56)48-50-78(72)87(80)64-33-11-4-12-34-64/h1-54H. The molecule has 0 N–H and O–H groups in total. The first-order chi connectivity index (χ1) is 43.2. The van der Waals surface area contributed by atoms with Gasteiger partial charge in [0.15, 0.2) is 0 Å². The zero-order valence-corrected chi connectivity index (χ0v) is 47.6. The smallest absolute Gasteiger partial charge is 0.0725 e. The first-order valence-corrected chi connectivity index (χ1v) is 30.2. The zero-order valence-electron chi connectivity index (χ0n) is 47.6. The molecule has 18 rings (SSSR count). The molecule has 0 radical (unpaired) electrons. The maximum absolute atomic E-state index is 2.44. The van der Waals surface area contributed by atoms with E-state index in [1.807, 2.05) is 0 Å². The van der Waals surface area contributed by atoms with Crippen molar-refractivity contribution in [3.8, 4) is 100 Å². The van der Waals surface area contributed by atoms with Gasteiger partial charge in [-0.3, -0.25) is 0 Å². The van der Waals surface area contributed by atoms with E-state index in [-0.39, 0.29) is 0 Å². The SMILES string of the molecule is c1ccc(-c2ccc3c(c2)c2c(-c4cccc(-c5cccc6c5-c5ccccc5C65c6ccccc6-c6c(-c7cccc(-c8cccc9c8c8cc(-c%10ccccc%10)ccc8n9-c8ccccc8)c7)cccc65)c4)cccc2n3-c2ccccc2)cc1. The second kappa shape index (κ2) is 19.4. The third-order valence-corrected chi connectivity index (χ3v) is 18.9. The van der Waals surface area contributed by atoms with Crippen molar-refractivity contribution in [2.24, 2.45) is 0 Å². The van der Waals surface area contributed by atoms with Gasteiger partial charge in [0.1, 0.15) is 0 Å². The van der Waals surface area contributed by atoms with E-state index in [0.29, 0.717) is 0 Å². The van der Waals surface area contributed by atoms with E-state index in [1.165, 1.54) is 155 Å². The largest absolute Gasteiger partial charge is 0.309 e. The summed E-state index contributed by atoms with van der Waals surface area (Å²) in [6.45, 7) is 0. The highest BCUT2D eigenvalue weighted by Gasteiger charge is 2.52. The first-order valence-electron chi connectivity index (χ1n) is 30.2. The minimum absolute atomic E-state index is 0.554. The Morgan fingerprint density at radius 2 is 0.517 bits per heavy atom. The van der Waals surface area contributed by atoms with E-state index in [1.54, 1.807) is 0 Å². The van der Waals surface area contributed by atoms with Crippen LogP contribution in [0.25, 0.3) is 144 Å². The van der Waals surface area contributed by atoms with Crippen LogP contribution in [-0.4, -0.2) is 9.13 Å². The van der Waals surface area contributed by atoms with Gasteiger partial charge in [-0.1, -0.05) is 255 Å². The summed E-state index contributed by atoms with van der Waals surface area (Å²) in [5.41, 5.74) is 31.4. The fourth-order valence-corrected chi connectivity index (χ4v) is 15.4. The monoisotopic (exact) mass is 1100 g/mol. The summed E-state index contributed by atoms with van der Waals surface area (Å²) in [6.07, 6.45) is 0. The predicted octanol–water partition coefficient (Wildman–Crippen LogP) is 22.2. The van der Waals surface area contributed by atoms with Crippen LogP contribution in [0.15, 0.2) is 328 Å².